The molecular weight excluding hydrogens is 154 g/mol. The van der Waals surface area contributed by atoms with E-state index < -0.39 is 5.97 Å². The Labute approximate surface area is 69.4 Å². The maximum absolute atomic E-state index is 10.6. The number of allylic oxidation sites excluding steroid dienone is 4. The summed E-state index contributed by atoms with van der Waals surface area (Å²) >= 11 is 0. The highest BCUT2D eigenvalue weighted by molar-refractivity contribution is 6.11. The standard InChI is InChI=1S/C9H7NO2/c11-9(12)7-2-1-6-3-4-10-8(6)5-7/h1-4H,5H2,(H,11,12). The molecule has 0 aromatic heterocycles. The molecule has 3 heteroatoms. The number of hydrogen-bond acceptors (Lipinski definition) is 2. The second-order valence-corrected chi connectivity index (χ2v) is 2.69. The molecule has 0 bridgehead atoms. The van der Waals surface area contributed by atoms with Gasteiger partial charge in [0.1, 0.15) is 0 Å². The smallest absolute Gasteiger partial charge is 0.331 e. The lowest BCUT2D eigenvalue weighted by Crippen LogP contribution is -2.10. The van der Waals surface area contributed by atoms with Gasteiger partial charge in [0.15, 0.2) is 0 Å². The Balaban J connectivity index is 2.33. The first-order chi connectivity index (χ1) is 5.77. The van der Waals surface area contributed by atoms with Crippen LogP contribution in [0.25, 0.3) is 0 Å². The van der Waals surface area contributed by atoms with Crippen LogP contribution >= 0.6 is 0 Å². The van der Waals surface area contributed by atoms with Gasteiger partial charge in [-0.25, -0.2) is 4.79 Å². The number of aliphatic imine (C=N–C) groups is 1. The summed E-state index contributed by atoms with van der Waals surface area (Å²) in [6.07, 6.45) is 7.43. The van der Waals surface area contributed by atoms with Crippen LogP contribution in [0.3, 0.4) is 0 Å². The molecule has 0 radical (unpaired) electrons. The van der Waals surface area contributed by atoms with Crippen molar-refractivity contribution in [3.05, 3.63) is 35.6 Å². The predicted octanol–water partition coefficient (Wildman–Crippen LogP) is 1.30. The maximum atomic E-state index is 10.6. The van der Waals surface area contributed by atoms with Crippen LogP contribution in [0, 0.1) is 0 Å². The lowest BCUT2D eigenvalue weighted by molar-refractivity contribution is -0.132. The van der Waals surface area contributed by atoms with Crippen molar-refractivity contribution in [2.45, 2.75) is 6.42 Å². The minimum atomic E-state index is -0.861. The number of aliphatic carboxylic acids is 1. The summed E-state index contributed by atoms with van der Waals surface area (Å²) < 4.78 is 0. The van der Waals surface area contributed by atoms with Crippen LogP contribution in [0.5, 0.6) is 0 Å². The molecule has 0 saturated carbocycles. The van der Waals surface area contributed by atoms with E-state index in [2.05, 4.69) is 4.99 Å². The molecule has 0 amide bonds. The SMILES string of the molecule is O=C(O)C1=CC=C2C=CN=C2C1. The van der Waals surface area contributed by atoms with Crippen molar-refractivity contribution in [2.75, 3.05) is 0 Å². The molecular formula is C9H7NO2. The van der Waals surface area contributed by atoms with Gasteiger partial charge < -0.3 is 5.11 Å². The largest absolute Gasteiger partial charge is 0.478 e. The minimum Gasteiger partial charge on any atom is -0.478 e. The molecule has 0 unspecified atom stereocenters. The topological polar surface area (TPSA) is 49.7 Å². The van der Waals surface area contributed by atoms with Gasteiger partial charge in [-0.05, 0) is 11.6 Å². The summed E-state index contributed by atoms with van der Waals surface area (Å²) in [5.74, 6) is -0.861. The summed E-state index contributed by atoms with van der Waals surface area (Å²) in [4.78, 5) is 14.6. The molecule has 2 aliphatic rings. The summed E-state index contributed by atoms with van der Waals surface area (Å²) in [5.41, 5.74) is 2.29. The van der Waals surface area contributed by atoms with Gasteiger partial charge in [0.2, 0.25) is 0 Å². The van der Waals surface area contributed by atoms with Crippen LogP contribution in [-0.2, 0) is 4.79 Å². The highest BCUT2D eigenvalue weighted by atomic mass is 16.4. The highest BCUT2D eigenvalue weighted by Crippen LogP contribution is 2.21. The molecule has 0 spiro atoms. The number of rotatable bonds is 1. The molecule has 1 heterocycles. The fourth-order valence-electron chi connectivity index (χ4n) is 1.25. The lowest BCUT2D eigenvalue weighted by atomic mass is 9.97. The van der Waals surface area contributed by atoms with E-state index in [1.54, 1.807) is 18.4 Å². The minimum absolute atomic E-state index is 0.404. The van der Waals surface area contributed by atoms with E-state index in [-0.39, 0.29) is 0 Å². The molecule has 1 aliphatic carbocycles. The zero-order chi connectivity index (χ0) is 8.55. The quantitative estimate of drug-likeness (QED) is 0.630. The van der Waals surface area contributed by atoms with Crippen LogP contribution < -0.4 is 0 Å². The fraction of sp³-hybridized carbons (Fsp3) is 0.111. The molecule has 0 saturated heterocycles. The second kappa shape index (κ2) is 2.44. The number of nitrogens with zero attached hydrogens (tertiary/aromatic N) is 1. The van der Waals surface area contributed by atoms with Gasteiger partial charge in [0.25, 0.3) is 0 Å². The van der Waals surface area contributed by atoms with E-state index in [9.17, 15) is 4.79 Å². The number of carbonyl (C=O) groups is 1. The molecule has 1 aliphatic heterocycles. The van der Waals surface area contributed by atoms with E-state index in [0.29, 0.717) is 12.0 Å². The molecule has 0 atom stereocenters. The Morgan fingerprint density at radius 1 is 1.50 bits per heavy atom. The monoisotopic (exact) mass is 161 g/mol. The van der Waals surface area contributed by atoms with Crippen LogP contribution in [0.15, 0.2) is 40.6 Å². The molecule has 60 valence electrons. The second-order valence-electron chi connectivity index (χ2n) is 2.69. The van der Waals surface area contributed by atoms with Crippen LogP contribution in [0.2, 0.25) is 0 Å². The maximum Gasteiger partial charge on any atom is 0.331 e. The molecule has 3 nitrogen and oxygen atoms in total. The number of fused-ring (bicyclic) bond motifs is 1. The Hall–Kier alpha value is -1.64. The van der Waals surface area contributed by atoms with Crippen molar-refractivity contribution in [1.82, 2.24) is 0 Å². The van der Waals surface area contributed by atoms with E-state index in [4.69, 9.17) is 5.11 Å². The van der Waals surface area contributed by atoms with Crippen molar-refractivity contribution in [3.8, 4) is 0 Å². The zero-order valence-corrected chi connectivity index (χ0v) is 6.32. The van der Waals surface area contributed by atoms with Crippen LogP contribution in [-0.4, -0.2) is 16.8 Å². The van der Waals surface area contributed by atoms with Gasteiger partial charge in [-0.15, -0.1) is 0 Å². The first-order valence-electron chi connectivity index (χ1n) is 3.65. The average Bonchev–Trinajstić information content (AvgIpc) is 2.49. The number of carboxylic acids is 1. The summed E-state index contributed by atoms with van der Waals surface area (Å²) in [7, 11) is 0. The van der Waals surface area contributed by atoms with Crippen molar-refractivity contribution in [1.29, 1.82) is 0 Å². The van der Waals surface area contributed by atoms with E-state index in [1.807, 2.05) is 6.08 Å². The summed E-state index contributed by atoms with van der Waals surface area (Å²) in [6.45, 7) is 0. The third-order valence-corrected chi connectivity index (χ3v) is 1.91. The molecule has 1 N–H and O–H groups in total. The molecule has 2 rings (SSSR count). The van der Waals surface area contributed by atoms with Crippen molar-refractivity contribution >= 4 is 11.7 Å². The van der Waals surface area contributed by atoms with Crippen molar-refractivity contribution < 1.29 is 9.90 Å². The molecule has 12 heavy (non-hydrogen) atoms. The normalized spacial score (nSPS) is 19.5. The van der Waals surface area contributed by atoms with Gasteiger partial charge in [-0.2, -0.15) is 0 Å². The summed E-state index contributed by atoms with van der Waals surface area (Å²) in [6, 6.07) is 0. The molecule has 0 aromatic carbocycles. The van der Waals surface area contributed by atoms with Crippen molar-refractivity contribution in [2.24, 2.45) is 4.99 Å². The van der Waals surface area contributed by atoms with Gasteiger partial charge in [0.05, 0.1) is 5.71 Å². The Bertz CT molecular complexity index is 359. The Morgan fingerprint density at radius 2 is 2.33 bits per heavy atom. The highest BCUT2D eigenvalue weighted by Gasteiger charge is 2.18. The van der Waals surface area contributed by atoms with Crippen LogP contribution in [0.4, 0.5) is 0 Å². The first-order valence-corrected chi connectivity index (χ1v) is 3.65. The third kappa shape index (κ3) is 0.993. The first kappa shape index (κ1) is 7.03. The number of hydrogen-bond donors (Lipinski definition) is 1. The third-order valence-electron chi connectivity index (χ3n) is 1.91. The lowest BCUT2D eigenvalue weighted by Gasteiger charge is -2.08. The average molecular weight is 161 g/mol. The molecule has 0 aromatic rings. The van der Waals surface area contributed by atoms with Gasteiger partial charge in [-0.1, -0.05) is 12.2 Å². The Kier molecular flexibility index (Phi) is 1.43. The van der Waals surface area contributed by atoms with E-state index >= 15 is 0 Å². The summed E-state index contributed by atoms with van der Waals surface area (Å²) in [5, 5.41) is 8.69. The van der Waals surface area contributed by atoms with Gasteiger partial charge >= 0.3 is 5.97 Å². The van der Waals surface area contributed by atoms with Gasteiger partial charge in [-0.3, -0.25) is 4.99 Å². The van der Waals surface area contributed by atoms with E-state index in [0.717, 1.165) is 11.3 Å². The number of carboxylic acid groups (broad SMARTS) is 1. The van der Waals surface area contributed by atoms with E-state index in [1.165, 1.54) is 0 Å². The Morgan fingerprint density at radius 3 is 3.08 bits per heavy atom. The van der Waals surface area contributed by atoms with Crippen molar-refractivity contribution in [3.63, 3.8) is 0 Å². The molecule has 0 fully saturated rings. The zero-order valence-electron chi connectivity index (χ0n) is 6.32. The van der Waals surface area contributed by atoms with Gasteiger partial charge in [0, 0.05) is 18.2 Å². The fourth-order valence-corrected chi connectivity index (χ4v) is 1.25. The van der Waals surface area contributed by atoms with Crippen LogP contribution in [0.1, 0.15) is 6.42 Å². The predicted molar refractivity (Wildman–Crippen MR) is 45.0 cm³/mol.